The lowest BCUT2D eigenvalue weighted by atomic mass is 9.72. The number of hydrogen-bond donors (Lipinski definition) is 0. The number of hydrogen-bond acceptors (Lipinski definition) is 1. The molecule has 16 heavy (non-hydrogen) atoms. The van der Waals surface area contributed by atoms with Crippen molar-refractivity contribution in [2.75, 3.05) is 0 Å². The summed E-state index contributed by atoms with van der Waals surface area (Å²) in [6, 6.07) is 0. The standard InChI is InChI=1S/C15H24O/c1-6-13(16)9-7-11(2)14-10-8-12(3)15(14,4)5/h7-9,11,14H,6,10H2,1-5H3/b9-7+. The Labute approximate surface area is 99.6 Å². The molecule has 0 fully saturated rings. The SMILES string of the molecule is CCC(=O)/C=C/C(C)C1CC=C(C)C1(C)C. The van der Waals surface area contributed by atoms with Crippen LogP contribution in [0.5, 0.6) is 0 Å². The Morgan fingerprint density at radius 2 is 2.25 bits per heavy atom. The fraction of sp³-hybridized carbons (Fsp3) is 0.667. The molecule has 0 amide bonds. The lowest BCUT2D eigenvalue weighted by Crippen LogP contribution is -2.25. The fourth-order valence-electron chi connectivity index (χ4n) is 2.54. The Hall–Kier alpha value is -0.850. The summed E-state index contributed by atoms with van der Waals surface area (Å²) in [6.45, 7) is 11.0. The van der Waals surface area contributed by atoms with E-state index >= 15 is 0 Å². The minimum Gasteiger partial charge on any atom is -0.295 e. The lowest BCUT2D eigenvalue weighted by Gasteiger charge is -2.33. The summed E-state index contributed by atoms with van der Waals surface area (Å²) >= 11 is 0. The van der Waals surface area contributed by atoms with E-state index in [1.165, 1.54) is 5.57 Å². The van der Waals surface area contributed by atoms with Gasteiger partial charge in [0.2, 0.25) is 0 Å². The molecule has 0 aromatic heterocycles. The Kier molecular flexibility index (Phi) is 4.12. The molecular formula is C15H24O. The molecule has 1 rings (SSSR count). The van der Waals surface area contributed by atoms with Crippen molar-refractivity contribution in [2.45, 2.75) is 47.5 Å². The third-order valence-corrected chi connectivity index (χ3v) is 4.19. The molecular weight excluding hydrogens is 196 g/mol. The van der Waals surface area contributed by atoms with Crippen molar-refractivity contribution in [3.63, 3.8) is 0 Å². The topological polar surface area (TPSA) is 17.1 Å². The first-order valence-electron chi connectivity index (χ1n) is 6.27. The molecule has 1 heteroatoms. The first-order valence-corrected chi connectivity index (χ1v) is 6.27. The molecule has 0 heterocycles. The van der Waals surface area contributed by atoms with Crippen LogP contribution in [0, 0.1) is 17.3 Å². The third-order valence-electron chi connectivity index (χ3n) is 4.19. The lowest BCUT2D eigenvalue weighted by molar-refractivity contribution is -0.114. The summed E-state index contributed by atoms with van der Waals surface area (Å²) in [4.78, 5) is 11.3. The van der Waals surface area contributed by atoms with Crippen molar-refractivity contribution < 1.29 is 4.79 Å². The average molecular weight is 220 g/mol. The van der Waals surface area contributed by atoms with Crippen molar-refractivity contribution in [3.05, 3.63) is 23.8 Å². The highest BCUT2D eigenvalue weighted by molar-refractivity contribution is 5.89. The van der Waals surface area contributed by atoms with Crippen LogP contribution in [0.2, 0.25) is 0 Å². The summed E-state index contributed by atoms with van der Waals surface area (Å²) < 4.78 is 0. The van der Waals surface area contributed by atoms with Crippen molar-refractivity contribution in [1.29, 1.82) is 0 Å². The minimum absolute atomic E-state index is 0.229. The van der Waals surface area contributed by atoms with E-state index in [0.29, 0.717) is 18.3 Å². The quantitative estimate of drug-likeness (QED) is 0.514. The van der Waals surface area contributed by atoms with Crippen LogP contribution in [-0.4, -0.2) is 5.78 Å². The Balaban J connectivity index is 2.67. The van der Waals surface area contributed by atoms with Crippen molar-refractivity contribution >= 4 is 5.78 Å². The van der Waals surface area contributed by atoms with E-state index in [1.807, 2.05) is 6.92 Å². The molecule has 0 N–H and O–H groups in total. The van der Waals surface area contributed by atoms with Crippen LogP contribution in [0.25, 0.3) is 0 Å². The van der Waals surface area contributed by atoms with Crippen LogP contribution in [0.4, 0.5) is 0 Å². The second kappa shape index (κ2) is 4.99. The van der Waals surface area contributed by atoms with Crippen molar-refractivity contribution in [2.24, 2.45) is 17.3 Å². The summed E-state index contributed by atoms with van der Waals surface area (Å²) in [5.41, 5.74) is 1.76. The highest BCUT2D eigenvalue weighted by Gasteiger charge is 2.37. The number of carbonyl (C=O) groups is 1. The van der Waals surface area contributed by atoms with Gasteiger partial charge in [-0.25, -0.2) is 0 Å². The fourth-order valence-corrected chi connectivity index (χ4v) is 2.54. The number of ketones is 1. The minimum atomic E-state index is 0.229. The van der Waals surface area contributed by atoms with Gasteiger partial charge in [-0.3, -0.25) is 4.79 Å². The van der Waals surface area contributed by atoms with Gasteiger partial charge in [0.05, 0.1) is 0 Å². The molecule has 1 aliphatic carbocycles. The second-order valence-corrected chi connectivity index (χ2v) is 5.49. The molecule has 0 aliphatic heterocycles. The van der Waals surface area contributed by atoms with Gasteiger partial charge in [0.1, 0.15) is 0 Å². The maximum absolute atomic E-state index is 11.3. The first kappa shape index (κ1) is 13.2. The van der Waals surface area contributed by atoms with Gasteiger partial charge in [0, 0.05) is 6.42 Å². The molecule has 2 unspecified atom stereocenters. The Morgan fingerprint density at radius 1 is 1.62 bits per heavy atom. The van der Waals surface area contributed by atoms with Crippen molar-refractivity contribution in [1.82, 2.24) is 0 Å². The smallest absolute Gasteiger partial charge is 0.155 e. The molecule has 0 spiro atoms. The predicted molar refractivity (Wildman–Crippen MR) is 69.2 cm³/mol. The van der Waals surface area contributed by atoms with E-state index in [0.717, 1.165) is 6.42 Å². The normalized spacial score (nSPS) is 25.8. The Bertz CT molecular complexity index is 320. The van der Waals surface area contributed by atoms with E-state index in [-0.39, 0.29) is 11.2 Å². The molecule has 0 saturated heterocycles. The van der Waals surface area contributed by atoms with Crippen LogP contribution >= 0.6 is 0 Å². The maximum Gasteiger partial charge on any atom is 0.155 e. The monoisotopic (exact) mass is 220 g/mol. The zero-order chi connectivity index (χ0) is 12.3. The summed E-state index contributed by atoms with van der Waals surface area (Å²) in [5, 5.41) is 0. The van der Waals surface area contributed by atoms with Gasteiger partial charge in [-0.05, 0) is 36.7 Å². The second-order valence-electron chi connectivity index (χ2n) is 5.49. The van der Waals surface area contributed by atoms with Gasteiger partial charge in [0.25, 0.3) is 0 Å². The molecule has 0 aromatic rings. The highest BCUT2D eigenvalue weighted by Crippen LogP contribution is 2.46. The van der Waals surface area contributed by atoms with E-state index in [4.69, 9.17) is 0 Å². The third kappa shape index (κ3) is 2.63. The molecule has 0 radical (unpaired) electrons. The molecule has 0 saturated carbocycles. The van der Waals surface area contributed by atoms with E-state index in [2.05, 4.69) is 39.8 Å². The summed E-state index contributed by atoms with van der Waals surface area (Å²) in [6.07, 6.45) is 7.94. The van der Waals surface area contributed by atoms with Crippen LogP contribution in [0.3, 0.4) is 0 Å². The summed E-state index contributed by atoms with van der Waals surface area (Å²) in [7, 11) is 0. The Morgan fingerprint density at radius 3 is 2.69 bits per heavy atom. The van der Waals surface area contributed by atoms with Gasteiger partial charge < -0.3 is 0 Å². The molecule has 1 nitrogen and oxygen atoms in total. The van der Waals surface area contributed by atoms with Gasteiger partial charge in [0.15, 0.2) is 5.78 Å². The first-order chi connectivity index (χ1) is 7.39. The molecule has 90 valence electrons. The molecule has 0 aromatic carbocycles. The van der Waals surface area contributed by atoms with Crippen LogP contribution in [0.15, 0.2) is 23.8 Å². The van der Waals surface area contributed by atoms with E-state index in [9.17, 15) is 4.79 Å². The van der Waals surface area contributed by atoms with Crippen LogP contribution < -0.4 is 0 Å². The average Bonchev–Trinajstić information content (AvgIpc) is 2.50. The molecule has 2 atom stereocenters. The molecule has 0 bridgehead atoms. The largest absolute Gasteiger partial charge is 0.295 e. The van der Waals surface area contributed by atoms with Gasteiger partial charge in [-0.1, -0.05) is 45.4 Å². The molecule has 1 aliphatic rings. The van der Waals surface area contributed by atoms with Gasteiger partial charge >= 0.3 is 0 Å². The van der Waals surface area contributed by atoms with Crippen LogP contribution in [-0.2, 0) is 4.79 Å². The van der Waals surface area contributed by atoms with E-state index < -0.39 is 0 Å². The van der Waals surface area contributed by atoms with Crippen LogP contribution in [0.1, 0.15) is 47.5 Å². The van der Waals surface area contributed by atoms with Crippen molar-refractivity contribution in [3.8, 4) is 0 Å². The predicted octanol–water partition coefficient (Wildman–Crippen LogP) is 4.15. The maximum atomic E-state index is 11.3. The number of rotatable bonds is 4. The van der Waals surface area contributed by atoms with E-state index in [1.54, 1.807) is 6.08 Å². The number of carbonyl (C=O) groups excluding carboxylic acids is 1. The zero-order valence-electron chi connectivity index (χ0n) is 11.2. The van der Waals surface area contributed by atoms with Gasteiger partial charge in [-0.2, -0.15) is 0 Å². The zero-order valence-corrected chi connectivity index (χ0v) is 11.2. The highest BCUT2D eigenvalue weighted by atomic mass is 16.1. The summed E-state index contributed by atoms with van der Waals surface area (Å²) in [5.74, 6) is 1.33. The van der Waals surface area contributed by atoms with Gasteiger partial charge in [-0.15, -0.1) is 0 Å². The number of allylic oxidation sites excluding steroid dienone is 4.